The van der Waals surface area contributed by atoms with Crippen molar-refractivity contribution in [2.24, 2.45) is 11.8 Å². The van der Waals surface area contributed by atoms with Crippen LogP contribution in [-0.4, -0.2) is 56.3 Å². The largest absolute Gasteiger partial charge is 0.397 e. The number of nitrogens with two attached hydrogens (primary N) is 1. The van der Waals surface area contributed by atoms with Crippen LogP contribution in [0.4, 0.5) is 34.1 Å². The van der Waals surface area contributed by atoms with Crippen LogP contribution in [0.25, 0.3) is 0 Å². The summed E-state index contributed by atoms with van der Waals surface area (Å²) in [5, 5.41) is 22.9. The van der Waals surface area contributed by atoms with E-state index >= 15 is 0 Å². The number of nitrogen functional groups attached to an aromatic ring is 1. The second-order valence-electron chi connectivity index (χ2n) is 10.0. The summed E-state index contributed by atoms with van der Waals surface area (Å²) in [6.07, 6.45) is 4.11. The Balaban J connectivity index is 0.000000222. The van der Waals surface area contributed by atoms with Crippen molar-refractivity contribution in [1.82, 2.24) is 0 Å². The highest BCUT2D eigenvalue weighted by Gasteiger charge is 2.18. The minimum absolute atomic E-state index is 0.0340. The maximum atomic E-state index is 11.1. The fraction of sp³-hybridized carbons (Fsp3) is 0.500. The number of nitro benzene ring substituents is 1. The van der Waals surface area contributed by atoms with E-state index in [0.29, 0.717) is 35.4 Å². The van der Waals surface area contributed by atoms with Crippen molar-refractivity contribution in [1.29, 1.82) is 0 Å². The number of amides is 2. The molecule has 12 nitrogen and oxygen atoms in total. The molecule has 0 saturated carbocycles. The standard InChI is InChI=1S/C14H19N3O4.C14H21N3O2/c1-10(18)16-12-2-3-13(14(8-12)17(19)20)15-9-11-4-6-21-7-5-11;1-10(18)17-12-2-3-14(13(15)8-12)16-9-11-4-6-19-7-5-11/h2-3,8,11,15H,4-7,9H2,1H3,(H,16,18);2-3,8,11,16H,4-7,9,15H2,1H3,(H,17,18). The van der Waals surface area contributed by atoms with Crippen LogP contribution >= 0.6 is 0 Å². The van der Waals surface area contributed by atoms with E-state index in [9.17, 15) is 19.7 Å². The second-order valence-corrected chi connectivity index (χ2v) is 10.0. The molecule has 218 valence electrons. The van der Waals surface area contributed by atoms with Crippen molar-refractivity contribution in [3.05, 3.63) is 46.5 Å². The lowest BCUT2D eigenvalue weighted by Crippen LogP contribution is -2.22. The highest BCUT2D eigenvalue weighted by atomic mass is 16.6. The molecule has 0 aliphatic carbocycles. The van der Waals surface area contributed by atoms with Crippen LogP contribution in [0, 0.1) is 22.0 Å². The fourth-order valence-corrected chi connectivity index (χ4v) is 4.53. The lowest BCUT2D eigenvalue weighted by molar-refractivity contribution is -0.383. The molecule has 2 fully saturated rings. The first-order valence-corrected chi connectivity index (χ1v) is 13.6. The van der Waals surface area contributed by atoms with E-state index in [1.807, 2.05) is 12.1 Å². The molecule has 0 aromatic heterocycles. The molecular formula is C28H40N6O6. The Morgan fingerprint density at radius 3 is 1.73 bits per heavy atom. The molecule has 2 aliphatic rings. The predicted octanol–water partition coefficient (Wildman–Crippen LogP) is 4.46. The number of rotatable bonds is 9. The number of ether oxygens (including phenoxy) is 2. The maximum Gasteiger partial charge on any atom is 0.294 e. The molecule has 0 spiro atoms. The molecule has 0 radical (unpaired) electrons. The Labute approximate surface area is 234 Å². The number of benzene rings is 2. The van der Waals surface area contributed by atoms with Gasteiger partial charge in [-0.25, -0.2) is 0 Å². The first-order chi connectivity index (χ1) is 19.2. The van der Waals surface area contributed by atoms with Gasteiger partial charge in [0.05, 0.1) is 16.3 Å². The summed E-state index contributed by atoms with van der Waals surface area (Å²) in [5.41, 5.74) is 9.13. The monoisotopic (exact) mass is 556 g/mol. The molecule has 4 rings (SSSR count). The lowest BCUT2D eigenvalue weighted by Gasteiger charge is -2.23. The SMILES string of the molecule is CC(=O)Nc1ccc(NCC2CCOCC2)c(N)c1.CC(=O)Nc1ccc(NCC2CCOCC2)c([N+](=O)[O-])c1. The lowest BCUT2D eigenvalue weighted by atomic mass is 10.0. The van der Waals surface area contributed by atoms with E-state index in [1.54, 1.807) is 18.2 Å². The van der Waals surface area contributed by atoms with Crippen molar-refractivity contribution < 1.29 is 24.0 Å². The zero-order valence-corrected chi connectivity index (χ0v) is 23.2. The fourth-order valence-electron chi connectivity index (χ4n) is 4.53. The molecule has 40 heavy (non-hydrogen) atoms. The van der Waals surface area contributed by atoms with Crippen molar-refractivity contribution in [2.75, 3.05) is 66.5 Å². The van der Waals surface area contributed by atoms with Gasteiger partial charge >= 0.3 is 0 Å². The predicted molar refractivity (Wildman–Crippen MR) is 157 cm³/mol. The van der Waals surface area contributed by atoms with Gasteiger partial charge in [-0.2, -0.15) is 0 Å². The van der Waals surface area contributed by atoms with Crippen molar-refractivity contribution in [2.45, 2.75) is 39.5 Å². The van der Waals surface area contributed by atoms with Crippen LogP contribution in [0.2, 0.25) is 0 Å². The first kappa shape index (κ1) is 30.6. The van der Waals surface area contributed by atoms with Crippen molar-refractivity contribution in [3.63, 3.8) is 0 Å². The van der Waals surface area contributed by atoms with Crippen LogP contribution in [0.1, 0.15) is 39.5 Å². The quantitative estimate of drug-likeness (QED) is 0.170. The van der Waals surface area contributed by atoms with E-state index in [4.69, 9.17) is 15.2 Å². The molecule has 6 N–H and O–H groups in total. The van der Waals surface area contributed by atoms with Gasteiger partial charge in [-0.15, -0.1) is 0 Å². The summed E-state index contributed by atoms with van der Waals surface area (Å²) in [4.78, 5) is 32.7. The number of hydrogen-bond donors (Lipinski definition) is 5. The molecule has 12 heteroatoms. The first-order valence-electron chi connectivity index (χ1n) is 13.6. The number of carbonyl (C=O) groups is 2. The van der Waals surface area contributed by atoms with E-state index in [0.717, 1.165) is 70.0 Å². The Morgan fingerprint density at radius 1 is 0.825 bits per heavy atom. The minimum Gasteiger partial charge on any atom is -0.397 e. The van der Waals surface area contributed by atoms with Gasteiger partial charge in [-0.3, -0.25) is 19.7 Å². The topological polar surface area (TPSA) is 170 Å². The zero-order chi connectivity index (χ0) is 28.9. The van der Waals surface area contributed by atoms with Crippen LogP contribution in [0.5, 0.6) is 0 Å². The number of nitrogens with zero attached hydrogens (tertiary/aromatic N) is 1. The summed E-state index contributed by atoms with van der Waals surface area (Å²) in [7, 11) is 0. The number of nitro groups is 1. The maximum absolute atomic E-state index is 11.1. The molecule has 2 amide bonds. The Hall–Kier alpha value is -3.90. The molecule has 0 unspecified atom stereocenters. The molecule has 2 heterocycles. The number of nitrogens with one attached hydrogen (secondary N) is 4. The molecule has 2 aromatic rings. The molecule has 0 atom stereocenters. The average molecular weight is 557 g/mol. The van der Waals surface area contributed by atoms with Gasteiger partial charge in [0.2, 0.25) is 11.8 Å². The summed E-state index contributed by atoms with van der Waals surface area (Å²) in [5.74, 6) is 0.756. The Kier molecular flexibility index (Phi) is 12.0. The van der Waals surface area contributed by atoms with Crippen LogP contribution in [0.15, 0.2) is 36.4 Å². The van der Waals surface area contributed by atoms with E-state index in [2.05, 4.69) is 21.3 Å². The summed E-state index contributed by atoms with van der Waals surface area (Å²) < 4.78 is 10.6. The molecule has 2 saturated heterocycles. The third-order valence-electron chi connectivity index (χ3n) is 6.73. The van der Waals surface area contributed by atoms with E-state index < -0.39 is 4.92 Å². The number of anilines is 5. The molecular weight excluding hydrogens is 516 g/mol. The normalized spacial score (nSPS) is 15.8. The highest BCUT2D eigenvalue weighted by Crippen LogP contribution is 2.29. The van der Waals surface area contributed by atoms with Crippen molar-refractivity contribution in [3.8, 4) is 0 Å². The van der Waals surface area contributed by atoms with E-state index in [-0.39, 0.29) is 17.5 Å². The smallest absolute Gasteiger partial charge is 0.294 e. The van der Waals surface area contributed by atoms with Gasteiger partial charge in [0.15, 0.2) is 0 Å². The third kappa shape index (κ3) is 10.3. The number of carbonyl (C=O) groups excluding carboxylic acids is 2. The van der Waals surface area contributed by atoms with E-state index in [1.165, 1.54) is 19.9 Å². The average Bonchev–Trinajstić information content (AvgIpc) is 2.92. The number of hydrogen-bond acceptors (Lipinski definition) is 9. The van der Waals surface area contributed by atoms with Crippen molar-refractivity contribution >= 4 is 45.9 Å². The van der Waals surface area contributed by atoms with Crippen LogP contribution in [0.3, 0.4) is 0 Å². The third-order valence-corrected chi connectivity index (χ3v) is 6.73. The van der Waals surface area contributed by atoms with Gasteiger partial charge < -0.3 is 36.5 Å². The zero-order valence-electron chi connectivity index (χ0n) is 23.2. The van der Waals surface area contributed by atoms with Gasteiger partial charge in [0, 0.05) is 70.8 Å². The van der Waals surface area contributed by atoms with Gasteiger partial charge in [-0.05, 0) is 67.9 Å². The summed E-state index contributed by atoms with van der Waals surface area (Å²) in [6, 6.07) is 10.2. The Morgan fingerprint density at radius 2 is 1.27 bits per heavy atom. The second kappa shape index (κ2) is 15.6. The molecule has 0 bridgehead atoms. The molecule has 2 aliphatic heterocycles. The van der Waals surface area contributed by atoms with Crippen LogP contribution < -0.4 is 27.0 Å². The van der Waals surface area contributed by atoms with Gasteiger partial charge in [0.25, 0.3) is 5.69 Å². The van der Waals surface area contributed by atoms with Crippen LogP contribution in [-0.2, 0) is 19.1 Å². The Bertz CT molecular complexity index is 1150. The highest BCUT2D eigenvalue weighted by molar-refractivity contribution is 5.90. The molecule has 2 aromatic carbocycles. The van der Waals surface area contributed by atoms with Gasteiger partial charge in [-0.1, -0.05) is 0 Å². The minimum atomic E-state index is -0.447. The summed E-state index contributed by atoms with van der Waals surface area (Å²) in [6.45, 7) is 7.63. The van der Waals surface area contributed by atoms with Gasteiger partial charge in [0.1, 0.15) is 5.69 Å². The summed E-state index contributed by atoms with van der Waals surface area (Å²) >= 11 is 0.